The zero-order valence-corrected chi connectivity index (χ0v) is 10.9. The van der Waals surface area contributed by atoms with Crippen LogP contribution in [0.3, 0.4) is 0 Å². The van der Waals surface area contributed by atoms with Crippen LogP contribution in [0.15, 0.2) is 28.4 Å². The number of allylic oxidation sites excluding steroid dienone is 1. The Kier molecular flexibility index (Phi) is 4.41. The van der Waals surface area contributed by atoms with E-state index in [1.807, 2.05) is 0 Å². The van der Waals surface area contributed by atoms with E-state index in [9.17, 15) is 10.1 Å². The van der Waals surface area contributed by atoms with Crippen molar-refractivity contribution in [2.75, 3.05) is 5.32 Å². The Hall–Kier alpha value is -2.38. The van der Waals surface area contributed by atoms with Crippen LogP contribution in [0.25, 0.3) is 0 Å². The summed E-state index contributed by atoms with van der Waals surface area (Å²) in [7, 11) is 0. The molecule has 0 amide bonds. The number of nitrogens with zero attached hydrogens (tertiary/aromatic N) is 3. The van der Waals surface area contributed by atoms with Crippen LogP contribution >= 0.6 is 15.9 Å². The predicted molar refractivity (Wildman–Crippen MR) is 68.5 cm³/mol. The standard InChI is InChI=1S/C11H7BrN4O2/c1-7-2-9(16(17)18)3-10(12)11(7)15-6-8(4-13)5-14/h2-3,6,15H,1H3. The van der Waals surface area contributed by atoms with Gasteiger partial charge < -0.3 is 5.32 Å². The maximum Gasteiger partial charge on any atom is 0.270 e. The first kappa shape index (κ1) is 13.7. The molecule has 1 rings (SSSR count). The molecule has 0 aliphatic rings. The fourth-order valence-electron chi connectivity index (χ4n) is 1.25. The molecule has 90 valence electrons. The Morgan fingerprint density at radius 2 is 2.11 bits per heavy atom. The number of nitro groups is 1. The quantitative estimate of drug-likeness (QED) is 0.525. The second kappa shape index (κ2) is 5.80. The molecule has 7 heteroatoms. The number of halogens is 1. The first-order valence-corrected chi connectivity index (χ1v) is 5.50. The third-order valence-electron chi connectivity index (χ3n) is 2.08. The number of non-ortho nitro benzene ring substituents is 1. The van der Waals surface area contributed by atoms with Crippen LogP contribution in [-0.2, 0) is 0 Å². The highest BCUT2D eigenvalue weighted by molar-refractivity contribution is 9.10. The molecule has 6 nitrogen and oxygen atoms in total. The van der Waals surface area contributed by atoms with Crippen LogP contribution in [0.5, 0.6) is 0 Å². The highest BCUT2D eigenvalue weighted by Gasteiger charge is 2.12. The Morgan fingerprint density at radius 3 is 2.56 bits per heavy atom. The number of hydrogen-bond acceptors (Lipinski definition) is 5. The topological polar surface area (TPSA) is 103 Å². The Morgan fingerprint density at radius 1 is 1.50 bits per heavy atom. The smallest absolute Gasteiger partial charge is 0.270 e. The van der Waals surface area contributed by atoms with Crippen LogP contribution in [0, 0.1) is 39.7 Å². The summed E-state index contributed by atoms with van der Waals surface area (Å²) in [4.78, 5) is 10.1. The van der Waals surface area contributed by atoms with E-state index >= 15 is 0 Å². The van der Waals surface area contributed by atoms with E-state index in [2.05, 4.69) is 21.2 Å². The van der Waals surface area contributed by atoms with Gasteiger partial charge in [-0.2, -0.15) is 10.5 Å². The van der Waals surface area contributed by atoms with E-state index in [0.29, 0.717) is 15.7 Å². The minimum absolute atomic E-state index is 0.0327. The summed E-state index contributed by atoms with van der Waals surface area (Å²) in [6.45, 7) is 1.69. The van der Waals surface area contributed by atoms with E-state index in [1.54, 1.807) is 19.1 Å². The van der Waals surface area contributed by atoms with Crippen molar-refractivity contribution in [3.05, 3.63) is 44.1 Å². The number of hydrogen-bond donors (Lipinski definition) is 1. The van der Waals surface area contributed by atoms with Crippen molar-refractivity contribution in [1.82, 2.24) is 0 Å². The largest absolute Gasteiger partial charge is 0.359 e. The lowest BCUT2D eigenvalue weighted by Gasteiger charge is -2.08. The number of benzene rings is 1. The Balaban J connectivity index is 3.14. The van der Waals surface area contributed by atoms with Crippen molar-refractivity contribution >= 4 is 27.3 Å². The zero-order chi connectivity index (χ0) is 13.7. The van der Waals surface area contributed by atoms with Crippen molar-refractivity contribution in [2.45, 2.75) is 6.92 Å². The van der Waals surface area contributed by atoms with Crippen molar-refractivity contribution in [3.63, 3.8) is 0 Å². The zero-order valence-electron chi connectivity index (χ0n) is 9.27. The molecule has 1 N–H and O–H groups in total. The van der Waals surface area contributed by atoms with E-state index in [0.717, 1.165) is 0 Å². The van der Waals surface area contributed by atoms with Gasteiger partial charge in [-0.25, -0.2) is 0 Å². The summed E-state index contributed by atoms with van der Waals surface area (Å²) in [5, 5.41) is 30.6. The lowest BCUT2D eigenvalue weighted by atomic mass is 10.2. The molecule has 0 saturated carbocycles. The molecule has 1 aromatic carbocycles. The van der Waals surface area contributed by atoms with E-state index < -0.39 is 4.92 Å². The van der Waals surface area contributed by atoms with Gasteiger partial charge in [0.05, 0.1) is 10.6 Å². The molecule has 18 heavy (non-hydrogen) atoms. The molecule has 0 fully saturated rings. The summed E-state index contributed by atoms with van der Waals surface area (Å²) in [6.07, 6.45) is 1.25. The first-order chi connectivity index (χ1) is 8.49. The third-order valence-corrected chi connectivity index (χ3v) is 2.71. The van der Waals surface area contributed by atoms with Gasteiger partial charge in [0, 0.05) is 22.8 Å². The minimum atomic E-state index is -0.493. The molecule has 0 unspecified atom stereocenters. The van der Waals surface area contributed by atoms with Gasteiger partial charge in [-0.05, 0) is 28.4 Å². The first-order valence-electron chi connectivity index (χ1n) is 4.71. The molecule has 0 aliphatic heterocycles. The Labute approximate surface area is 111 Å². The molecule has 1 aromatic rings. The lowest BCUT2D eigenvalue weighted by molar-refractivity contribution is -0.385. The number of aryl methyl sites for hydroxylation is 1. The van der Waals surface area contributed by atoms with Gasteiger partial charge in [-0.1, -0.05) is 0 Å². The van der Waals surface area contributed by atoms with Crippen molar-refractivity contribution in [2.24, 2.45) is 0 Å². The SMILES string of the molecule is Cc1cc([N+](=O)[O-])cc(Br)c1NC=C(C#N)C#N. The van der Waals surface area contributed by atoms with Crippen LogP contribution in [0.4, 0.5) is 11.4 Å². The molecule has 0 radical (unpaired) electrons. The van der Waals surface area contributed by atoms with Crippen molar-refractivity contribution in [1.29, 1.82) is 10.5 Å². The molecule has 0 heterocycles. The van der Waals surface area contributed by atoms with Gasteiger partial charge in [0.2, 0.25) is 0 Å². The van der Waals surface area contributed by atoms with E-state index in [-0.39, 0.29) is 11.3 Å². The number of rotatable bonds is 3. The molecule has 0 bridgehead atoms. The monoisotopic (exact) mass is 306 g/mol. The fraction of sp³-hybridized carbons (Fsp3) is 0.0909. The summed E-state index contributed by atoms with van der Waals surface area (Å²) in [5.74, 6) is 0. The van der Waals surface area contributed by atoms with Crippen LogP contribution < -0.4 is 5.32 Å². The number of nitriles is 2. The molecule has 0 aromatic heterocycles. The second-order valence-electron chi connectivity index (χ2n) is 3.30. The van der Waals surface area contributed by atoms with Gasteiger partial charge in [-0.15, -0.1) is 0 Å². The third kappa shape index (κ3) is 3.06. The maximum atomic E-state index is 10.6. The summed E-state index contributed by atoms with van der Waals surface area (Å²) < 4.78 is 0.487. The molecule has 0 aliphatic carbocycles. The number of nitro benzene ring substituents is 1. The molecule has 0 atom stereocenters. The van der Waals surface area contributed by atoms with Gasteiger partial charge in [0.1, 0.15) is 17.7 Å². The second-order valence-corrected chi connectivity index (χ2v) is 4.16. The van der Waals surface area contributed by atoms with E-state index in [1.165, 1.54) is 18.3 Å². The van der Waals surface area contributed by atoms with Crippen molar-refractivity contribution < 1.29 is 4.92 Å². The average molecular weight is 307 g/mol. The fourth-order valence-corrected chi connectivity index (χ4v) is 1.91. The number of anilines is 1. The molecular formula is C11H7BrN4O2. The highest BCUT2D eigenvalue weighted by atomic mass is 79.9. The van der Waals surface area contributed by atoms with Crippen molar-refractivity contribution in [3.8, 4) is 12.1 Å². The van der Waals surface area contributed by atoms with Crippen LogP contribution in [0.1, 0.15) is 5.56 Å². The average Bonchev–Trinajstić information content (AvgIpc) is 2.32. The Bertz CT molecular complexity index is 571. The van der Waals surface area contributed by atoms with E-state index in [4.69, 9.17) is 10.5 Å². The molecule has 0 saturated heterocycles. The molecular weight excluding hydrogens is 300 g/mol. The van der Waals surface area contributed by atoms with Gasteiger partial charge in [-0.3, -0.25) is 10.1 Å². The normalized spacial score (nSPS) is 8.89. The van der Waals surface area contributed by atoms with Crippen LogP contribution in [0.2, 0.25) is 0 Å². The number of nitrogens with one attached hydrogen (secondary N) is 1. The van der Waals surface area contributed by atoms with Gasteiger partial charge in [0.25, 0.3) is 5.69 Å². The summed E-state index contributed by atoms with van der Waals surface area (Å²) in [6, 6.07) is 6.16. The van der Waals surface area contributed by atoms with Gasteiger partial charge >= 0.3 is 0 Å². The van der Waals surface area contributed by atoms with Crippen LogP contribution in [-0.4, -0.2) is 4.92 Å². The maximum absolute atomic E-state index is 10.6. The van der Waals surface area contributed by atoms with Gasteiger partial charge in [0.15, 0.2) is 0 Å². The lowest BCUT2D eigenvalue weighted by Crippen LogP contribution is -1.96. The highest BCUT2D eigenvalue weighted by Crippen LogP contribution is 2.31. The predicted octanol–water partition coefficient (Wildman–Crippen LogP) is 3.01. The minimum Gasteiger partial charge on any atom is -0.359 e. The molecule has 0 spiro atoms. The summed E-state index contributed by atoms with van der Waals surface area (Å²) >= 11 is 3.20. The summed E-state index contributed by atoms with van der Waals surface area (Å²) in [5.41, 5.74) is 1.08.